The van der Waals surface area contributed by atoms with Crippen LogP contribution in [0.2, 0.25) is 0 Å². The number of hydrogen-bond acceptors (Lipinski definition) is 1. The van der Waals surface area contributed by atoms with Gasteiger partial charge in [-0.2, -0.15) is 0 Å². The molecule has 0 bridgehead atoms. The van der Waals surface area contributed by atoms with Crippen LogP contribution in [0.1, 0.15) is 56.0 Å². The lowest BCUT2D eigenvalue weighted by Crippen LogP contribution is -1.98. The average molecular weight is 257 g/mol. The number of carbonyl (C=O) groups excluding carboxylic acids is 1. The average Bonchev–Trinajstić information content (AvgIpc) is 2.77. The number of fused-ring (bicyclic) bond motifs is 1. The summed E-state index contributed by atoms with van der Waals surface area (Å²) in [6.07, 6.45) is 6.58. The molecule has 0 aliphatic rings. The minimum absolute atomic E-state index is 0.161. The van der Waals surface area contributed by atoms with Crippen molar-refractivity contribution in [3.8, 4) is 0 Å². The zero-order chi connectivity index (χ0) is 13.8. The number of hydrogen-bond donors (Lipinski definition) is 0. The maximum Gasteiger partial charge on any atom is 0.161 e. The van der Waals surface area contributed by atoms with Crippen molar-refractivity contribution in [2.45, 2.75) is 53.0 Å². The number of rotatable bonds is 6. The highest BCUT2D eigenvalue weighted by molar-refractivity contribution is 6.07. The van der Waals surface area contributed by atoms with Crippen molar-refractivity contribution in [2.24, 2.45) is 0 Å². The van der Waals surface area contributed by atoms with Gasteiger partial charge in [0.2, 0.25) is 0 Å². The third-order valence-electron chi connectivity index (χ3n) is 3.63. The lowest BCUT2D eigenvalue weighted by molar-refractivity contribution is 0.101. The van der Waals surface area contributed by atoms with E-state index in [9.17, 15) is 4.79 Å². The van der Waals surface area contributed by atoms with E-state index in [1.807, 2.05) is 6.20 Å². The molecular weight excluding hydrogens is 234 g/mol. The van der Waals surface area contributed by atoms with E-state index in [0.717, 1.165) is 36.8 Å². The molecule has 0 aliphatic heterocycles. The van der Waals surface area contributed by atoms with Crippen LogP contribution in [0.15, 0.2) is 24.4 Å². The Hall–Kier alpha value is -1.57. The highest BCUT2D eigenvalue weighted by atomic mass is 16.1. The quantitative estimate of drug-likeness (QED) is 0.693. The van der Waals surface area contributed by atoms with E-state index < -0.39 is 0 Å². The smallest absolute Gasteiger partial charge is 0.161 e. The lowest BCUT2D eigenvalue weighted by atomic mass is 10.0. The third-order valence-corrected chi connectivity index (χ3v) is 3.63. The van der Waals surface area contributed by atoms with E-state index in [2.05, 4.69) is 36.6 Å². The van der Waals surface area contributed by atoms with Gasteiger partial charge in [-0.05, 0) is 25.3 Å². The predicted molar refractivity (Wildman–Crippen MR) is 80.8 cm³/mol. The molecule has 0 radical (unpaired) electrons. The Morgan fingerprint density at radius 3 is 2.63 bits per heavy atom. The molecule has 2 aromatic rings. The molecule has 1 aromatic carbocycles. The maximum absolute atomic E-state index is 11.8. The first-order chi connectivity index (χ1) is 9.19. The zero-order valence-electron chi connectivity index (χ0n) is 12.2. The second kappa shape index (κ2) is 6.05. The molecule has 1 heterocycles. The van der Waals surface area contributed by atoms with E-state index in [-0.39, 0.29) is 5.78 Å². The molecule has 0 fully saturated rings. The number of carbonyl (C=O) groups is 1. The van der Waals surface area contributed by atoms with Crippen LogP contribution in [0.3, 0.4) is 0 Å². The highest BCUT2D eigenvalue weighted by Crippen LogP contribution is 2.26. The summed E-state index contributed by atoms with van der Waals surface area (Å²) in [5.41, 5.74) is 3.50. The summed E-state index contributed by atoms with van der Waals surface area (Å²) < 4.78 is 2.28. The number of unbranched alkanes of at least 4 members (excludes halogenated alkanes) is 1. The summed E-state index contributed by atoms with van der Waals surface area (Å²) in [7, 11) is 0. The molecule has 1 aromatic heterocycles. The van der Waals surface area contributed by atoms with Crippen molar-refractivity contribution < 1.29 is 4.79 Å². The van der Waals surface area contributed by atoms with E-state index in [1.54, 1.807) is 6.92 Å². The number of aryl methyl sites for hydroxylation is 2. The Kier molecular flexibility index (Phi) is 4.41. The van der Waals surface area contributed by atoms with Crippen LogP contribution in [-0.4, -0.2) is 10.4 Å². The van der Waals surface area contributed by atoms with Crippen LogP contribution in [0.25, 0.3) is 10.9 Å². The van der Waals surface area contributed by atoms with Crippen molar-refractivity contribution >= 4 is 16.7 Å². The molecule has 2 nitrogen and oxygen atoms in total. The summed E-state index contributed by atoms with van der Waals surface area (Å²) in [6, 6.07) is 6.34. The van der Waals surface area contributed by atoms with Gasteiger partial charge in [-0.3, -0.25) is 4.79 Å². The zero-order valence-corrected chi connectivity index (χ0v) is 12.2. The van der Waals surface area contributed by atoms with Gasteiger partial charge in [-0.1, -0.05) is 44.9 Å². The predicted octanol–water partition coefficient (Wildman–Crippen LogP) is 4.60. The topological polar surface area (TPSA) is 22.0 Å². The molecule has 0 spiro atoms. The van der Waals surface area contributed by atoms with E-state index in [4.69, 9.17) is 0 Å². The maximum atomic E-state index is 11.8. The molecule has 0 saturated carbocycles. The Labute approximate surface area is 115 Å². The summed E-state index contributed by atoms with van der Waals surface area (Å²) in [5.74, 6) is 0.161. The van der Waals surface area contributed by atoms with Crippen molar-refractivity contribution in [3.05, 3.63) is 35.5 Å². The number of nitrogens with zero attached hydrogens (tertiary/aromatic N) is 1. The monoisotopic (exact) mass is 257 g/mol. The fraction of sp³-hybridized carbons (Fsp3) is 0.471. The number of Topliss-reactive ketones (excluding diaryl/α,β-unsaturated/α-hetero) is 1. The van der Waals surface area contributed by atoms with Gasteiger partial charge >= 0.3 is 0 Å². The van der Waals surface area contributed by atoms with Crippen LogP contribution in [0.4, 0.5) is 0 Å². The molecule has 19 heavy (non-hydrogen) atoms. The molecule has 0 amide bonds. The normalized spacial score (nSPS) is 11.1. The number of benzene rings is 1. The van der Waals surface area contributed by atoms with Crippen LogP contribution in [0.5, 0.6) is 0 Å². The Morgan fingerprint density at radius 1 is 1.21 bits per heavy atom. The fourth-order valence-electron chi connectivity index (χ4n) is 2.69. The van der Waals surface area contributed by atoms with E-state index in [0.29, 0.717) is 0 Å². The number of para-hydroxylation sites is 1. The molecular formula is C17H23NO. The van der Waals surface area contributed by atoms with E-state index >= 15 is 0 Å². The number of aromatic nitrogens is 1. The molecule has 0 unspecified atom stereocenters. The van der Waals surface area contributed by atoms with Crippen molar-refractivity contribution in [3.63, 3.8) is 0 Å². The van der Waals surface area contributed by atoms with Crippen LogP contribution in [0, 0.1) is 0 Å². The Bertz CT molecular complexity index is 580. The van der Waals surface area contributed by atoms with E-state index in [1.165, 1.54) is 17.5 Å². The van der Waals surface area contributed by atoms with Gasteiger partial charge in [0.25, 0.3) is 0 Å². The molecule has 0 N–H and O–H groups in total. The molecule has 2 rings (SSSR count). The van der Waals surface area contributed by atoms with Gasteiger partial charge in [0, 0.05) is 23.7 Å². The molecule has 0 atom stereocenters. The lowest BCUT2D eigenvalue weighted by Gasteiger charge is -2.08. The van der Waals surface area contributed by atoms with Crippen molar-refractivity contribution in [2.75, 3.05) is 0 Å². The van der Waals surface area contributed by atoms with Gasteiger partial charge in [0.05, 0.1) is 5.52 Å². The van der Waals surface area contributed by atoms with Crippen molar-refractivity contribution in [1.82, 2.24) is 4.57 Å². The highest BCUT2D eigenvalue weighted by Gasteiger charge is 2.14. The summed E-state index contributed by atoms with van der Waals surface area (Å²) >= 11 is 0. The Morgan fingerprint density at radius 2 is 2.00 bits per heavy atom. The van der Waals surface area contributed by atoms with Gasteiger partial charge in [0.15, 0.2) is 5.78 Å². The first-order valence-corrected chi connectivity index (χ1v) is 7.30. The van der Waals surface area contributed by atoms with Crippen molar-refractivity contribution in [1.29, 1.82) is 0 Å². The first kappa shape index (κ1) is 13.9. The van der Waals surface area contributed by atoms with Gasteiger partial charge in [-0.25, -0.2) is 0 Å². The summed E-state index contributed by atoms with van der Waals surface area (Å²) in [5, 5.41) is 1.12. The number of ketones is 1. The van der Waals surface area contributed by atoms with Gasteiger partial charge < -0.3 is 4.57 Å². The standard InChI is InChI=1S/C17H23NO/c1-4-6-11-18-12-16(13(3)19)15-10-7-9-14(8-5-2)17(15)18/h7,9-10,12H,4-6,8,11H2,1-3H3. The SMILES string of the molecule is CCCCn1cc(C(C)=O)c2cccc(CCC)c21. The molecule has 0 saturated heterocycles. The van der Waals surface area contributed by atoms with Crippen LogP contribution in [-0.2, 0) is 13.0 Å². The molecule has 2 heteroatoms. The van der Waals surface area contributed by atoms with Gasteiger partial charge in [-0.15, -0.1) is 0 Å². The minimum Gasteiger partial charge on any atom is -0.347 e. The largest absolute Gasteiger partial charge is 0.347 e. The molecule has 102 valence electrons. The second-order valence-electron chi connectivity index (χ2n) is 5.21. The minimum atomic E-state index is 0.161. The molecule has 0 aliphatic carbocycles. The summed E-state index contributed by atoms with van der Waals surface area (Å²) in [6.45, 7) is 7.06. The van der Waals surface area contributed by atoms with Gasteiger partial charge in [0.1, 0.15) is 0 Å². The van der Waals surface area contributed by atoms with Crippen LogP contribution >= 0.6 is 0 Å². The third kappa shape index (κ3) is 2.73. The van der Waals surface area contributed by atoms with Crippen LogP contribution < -0.4 is 0 Å². The first-order valence-electron chi connectivity index (χ1n) is 7.30. The Balaban J connectivity index is 2.61. The fourth-order valence-corrected chi connectivity index (χ4v) is 2.69. The summed E-state index contributed by atoms with van der Waals surface area (Å²) in [4.78, 5) is 11.8. The second-order valence-corrected chi connectivity index (χ2v) is 5.21.